The average molecular weight is 341 g/mol. The molecule has 1 aromatic rings. The number of anilines is 1. The van der Waals surface area contributed by atoms with Gasteiger partial charge in [-0.3, -0.25) is 0 Å². The lowest BCUT2D eigenvalue weighted by molar-refractivity contribution is 0.0526. The Morgan fingerprint density at radius 2 is 2.09 bits per heavy atom. The number of thiophene rings is 1. The molecule has 0 aliphatic heterocycles. The van der Waals surface area contributed by atoms with Crippen LogP contribution in [-0.4, -0.2) is 23.7 Å². The fourth-order valence-corrected chi connectivity index (χ4v) is 4.19. The number of carbonyl (C=O) groups is 1. The van der Waals surface area contributed by atoms with E-state index in [-0.39, 0.29) is 5.97 Å². The molecule has 0 bridgehead atoms. The Hall–Kier alpha value is -1.14. The Bertz CT molecular complexity index is 555. The van der Waals surface area contributed by atoms with Gasteiger partial charge in [-0.15, -0.1) is 11.3 Å². The molecule has 0 fully saturated rings. The standard InChI is InChI=1S/C16H24N2O2S2/c1-4-10(3)17-16(21)18-14-13(15(19)20-5-2)11-8-6-7-9-12(11)22-14/h10H,4-9H2,1-3H3,(H2,17,18,21). The van der Waals surface area contributed by atoms with E-state index in [9.17, 15) is 4.79 Å². The van der Waals surface area contributed by atoms with Crippen LogP contribution in [0.3, 0.4) is 0 Å². The second-order valence-electron chi connectivity index (χ2n) is 5.54. The molecule has 2 N–H and O–H groups in total. The van der Waals surface area contributed by atoms with Crippen LogP contribution in [0, 0.1) is 0 Å². The summed E-state index contributed by atoms with van der Waals surface area (Å²) < 4.78 is 5.24. The monoisotopic (exact) mass is 340 g/mol. The second-order valence-corrected chi connectivity index (χ2v) is 7.06. The number of carbonyl (C=O) groups excluding carboxylic acids is 1. The molecule has 0 aromatic carbocycles. The van der Waals surface area contributed by atoms with Gasteiger partial charge in [0.15, 0.2) is 5.11 Å². The summed E-state index contributed by atoms with van der Waals surface area (Å²) in [6, 6.07) is 0.306. The number of hydrogen-bond donors (Lipinski definition) is 2. The molecule has 4 nitrogen and oxygen atoms in total. The van der Waals surface area contributed by atoms with Crippen LogP contribution in [0.15, 0.2) is 0 Å². The van der Waals surface area contributed by atoms with Gasteiger partial charge in [0, 0.05) is 10.9 Å². The van der Waals surface area contributed by atoms with Crippen molar-refractivity contribution in [2.24, 2.45) is 0 Å². The first-order valence-electron chi connectivity index (χ1n) is 7.95. The number of aryl methyl sites for hydroxylation is 1. The Balaban J connectivity index is 2.24. The van der Waals surface area contributed by atoms with Gasteiger partial charge in [-0.2, -0.15) is 0 Å². The predicted octanol–water partition coefficient (Wildman–Crippen LogP) is 3.89. The third kappa shape index (κ3) is 3.98. The zero-order chi connectivity index (χ0) is 16.1. The first kappa shape index (κ1) is 17.2. The number of thiocarbonyl (C=S) groups is 1. The molecule has 1 unspecified atom stereocenters. The van der Waals surface area contributed by atoms with E-state index in [0.717, 1.165) is 36.2 Å². The number of fused-ring (bicyclic) bond motifs is 1. The molecule has 0 amide bonds. The minimum absolute atomic E-state index is 0.240. The van der Waals surface area contributed by atoms with Gasteiger partial charge < -0.3 is 15.4 Å². The Morgan fingerprint density at radius 3 is 2.77 bits per heavy atom. The lowest BCUT2D eigenvalue weighted by atomic mass is 9.95. The van der Waals surface area contributed by atoms with Crippen molar-refractivity contribution in [3.05, 3.63) is 16.0 Å². The third-order valence-electron chi connectivity index (χ3n) is 3.87. The summed E-state index contributed by atoms with van der Waals surface area (Å²) in [4.78, 5) is 13.6. The lowest BCUT2D eigenvalue weighted by Gasteiger charge is -2.15. The number of hydrogen-bond acceptors (Lipinski definition) is 4. The van der Waals surface area contributed by atoms with Crippen LogP contribution in [0.4, 0.5) is 5.00 Å². The maximum absolute atomic E-state index is 12.3. The zero-order valence-electron chi connectivity index (χ0n) is 13.5. The molecule has 1 atom stereocenters. The van der Waals surface area contributed by atoms with E-state index in [2.05, 4.69) is 24.5 Å². The van der Waals surface area contributed by atoms with Gasteiger partial charge in [-0.1, -0.05) is 6.92 Å². The summed E-state index contributed by atoms with van der Waals surface area (Å²) >= 11 is 7.00. The third-order valence-corrected chi connectivity index (χ3v) is 5.29. The van der Waals surface area contributed by atoms with Crippen molar-refractivity contribution in [1.82, 2.24) is 5.32 Å². The molecule has 122 valence electrons. The highest BCUT2D eigenvalue weighted by Gasteiger charge is 2.26. The lowest BCUT2D eigenvalue weighted by Crippen LogP contribution is -2.35. The van der Waals surface area contributed by atoms with E-state index in [1.54, 1.807) is 11.3 Å². The molecular formula is C16H24N2O2S2. The minimum Gasteiger partial charge on any atom is -0.462 e. The fraction of sp³-hybridized carbons (Fsp3) is 0.625. The smallest absolute Gasteiger partial charge is 0.341 e. The highest BCUT2D eigenvalue weighted by molar-refractivity contribution is 7.80. The van der Waals surface area contributed by atoms with Crippen molar-refractivity contribution in [1.29, 1.82) is 0 Å². The van der Waals surface area contributed by atoms with Crippen molar-refractivity contribution >= 4 is 39.6 Å². The molecule has 1 aliphatic carbocycles. The molecule has 2 rings (SSSR count). The van der Waals surface area contributed by atoms with Crippen LogP contribution in [0.1, 0.15) is 60.8 Å². The van der Waals surface area contributed by atoms with Crippen LogP contribution in [0.2, 0.25) is 0 Å². The first-order chi connectivity index (χ1) is 10.6. The first-order valence-corrected chi connectivity index (χ1v) is 9.18. The SMILES string of the molecule is CCOC(=O)c1c(NC(=S)NC(C)CC)sc2c1CCCC2. The summed E-state index contributed by atoms with van der Waals surface area (Å²) in [6.45, 7) is 6.41. The molecule has 1 aliphatic rings. The summed E-state index contributed by atoms with van der Waals surface area (Å²) in [7, 11) is 0. The molecule has 0 saturated heterocycles. The Kier molecular flexibility index (Phi) is 6.20. The van der Waals surface area contributed by atoms with Gasteiger partial charge in [0.25, 0.3) is 0 Å². The van der Waals surface area contributed by atoms with Crippen molar-refractivity contribution in [3.8, 4) is 0 Å². The summed E-state index contributed by atoms with van der Waals surface area (Å²) in [5.41, 5.74) is 1.85. The molecular weight excluding hydrogens is 316 g/mol. The molecule has 0 radical (unpaired) electrons. The average Bonchev–Trinajstić information content (AvgIpc) is 2.84. The van der Waals surface area contributed by atoms with Gasteiger partial charge >= 0.3 is 5.97 Å². The molecule has 1 aromatic heterocycles. The molecule has 22 heavy (non-hydrogen) atoms. The summed E-state index contributed by atoms with van der Waals surface area (Å²) in [6.07, 6.45) is 5.30. The molecule has 1 heterocycles. The van der Waals surface area contributed by atoms with Crippen molar-refractivity contribution < 1.29 is 9.53 Å². The minimum atomic E-state index is -0.240. The maximum atomic E-state index is 12.3. The van der Waals surface area contributed by atoms with Crippen LogP contribution < -0.4 is 10.6 Å². The molecule has 0 spiro atoms. The van der Waals surface area contributed by atoms with E-state index in [4.69, 9.17) is 17.0 Å². The largest absolute Gasteiger partial charge is 0.462 e. The van der Waals surface area contributed by atoms with Crippen LogP contribution in [0.5, 0.6) is 0 Å². The van der Waals surface area contributed by atoms with Gasteiger partial charge in [-0.05, 0) is 63.7 Å². The number of rotatable bonds is 5. The summed E-state index contributed by atoms with van der Waals surface area (Å²) in [5.74, 6) is -0.240. The molecule has 6 heteroatoms. The highest BCUT2D eigenvalue weighted by atomic mass is 32.1. The van der Waals surface area contributed by atoms with E-state index in [1.807, 2.05) is 6.92 Å². The van der Waals surface area contributed by atoms with E-state index >= 15 is 0 Å². The van der Waals surface area contributed by atoms with Gasteiger partial charge in [0.05, 0.1) is 12.2 Å². The number of nitrogens with one attached hydrogen (secondary N) is 2. The quantitative estimate of drug-likeness (QED) is 0.629. The van der Waals surface area contributed by atoms with Crippen molar-refractivity contribution in [2.75, 3.05) is 11.9 Å². The zero-order valence-corrected chi connectivity index (χ0v) is 15.1. The fourth-order valence-electron chi connectivity index (χ4n) is 2.54. The van der Waals surface area contributed by atoms with Crippen LogP contribution in [0.25, 0.3) is 0 Å². The van der Waals surface area contributed by atoms with Crippen molar-refractivity contribution in [2.45, 2.75) is 58.9 Å². The van der Waals surface area contributed by atoms with Crippen LogP contribution >= 0.6 is 23.6 Å². The predicted molar refractivity (Wildman–Crippen MR) is 96.0 cm³/mol. The normalized spacial score (nSPS) is 14.9. The topological polar surface area (TPSA) is 50.4 Å². The van der Waals surface area contributed by atoms with Gasteiger partial charge in [-0.25, -0.2) is 4.79 Å². The summed E-state index contributed by atoms with van der Waals surface area (Å²) in [5, 5.41) is 7.83. The van der Waals surface area contributed by atoms with Crippen LogP contribution in [-0.2, 0) is 17.6 Å². The number of esters is 1. The Labute approximate surface area is 141 Å². The van der Waals surface area contributed by atoms with E-state index in [0.29, 0.717) is 23.3 Å². The highest BCUT2D eigenvalue weighted by Crippen LogP contribution is 2.38. The van der Waals surface area contributed by atoms with E-state index in [1.165, 1.54) is 11.3 Å². The van der Waals surface area contributed by atoms with Crippen molar-refractivity contribution in [3.63, 3.8) is 0 Å². The number of ether oxygens (including phenoxy) is 1. The Morgan fingerprint density at radius 1 is 1.36 bits per heavy atom. The maximum Gasteiger partial charge on any atom is 0.341 e. The second kappa shape index (κ2) is 7.92. The van der Waals surface area contributed by atoms with E-state index < -0.39 is 0 Å². The van der Waals surface area contributed by atoms with Gasteiger partial charge in [0.1, 0.15) is 5.00 Å². The van der Waals surface area contributed by atoms with Gasteiger partial charge in [0.2, 0.25) is 0 Å². The molecule has 0 saturated carbocycles.